The number of benzene rings is 2. The van der Waals surface area contributed by atoms with Crippen molar-refractivity contribution < 1.29 is 13.9 Å². The van der Waals surface area contributed by atoms with E-state index in [1.807, 2.05) is 50.2 Å². The first-order valence-corrected chi connectivity index (χ1v) is 8.18. The number of Topliss-reactive ketones (excluding diaryl/α,β-unsaturated/α-hetero) is 1. The number of ketones is 1. The van der Waals surface area contributed by atoms with Gasteiger partial charge in [0.1, 0.15) is 5.58 Å². The second kappa shape index (κ2) is 6.55. The molecule has 0 N–H and O–H groups in total. The molecule has 2 aromatic carbocycles. The van der Waals surface area contributed by atoms with Crippen LogP contribution in [0.2, 0.25) is 0 Å². The summed E-state index contributed by atoms with van der Waals surface area (Å²) < 4.78 is 11.7. The van der Waals surface area contributed by atoms with Crippen molar-refractivity contribution in [2.24, 2.45) is 0 Å². The molecule has 25 heavy (non-hydrogen) atoms. The Morgan fingerprint density at radius 2 is 1.68 bits per heavy atom. The number of aryl methyl sites for hydroxylation is 2. The maximum absolute atomic E-state index is 13.0. The Balaban J connectivity index is 2.29. The number of carbonyl (C=O) groups excluding carboxylic acids is 1. The van der Waals surface area contributed by atoms with Gasteiger partial charge in [-0.15, -0.1) is 0 Å². The molecular formula is C21H20O4. The van der Waals surface area contributed by atoms with E-state index >= 15 is 0 Å². The average molecular weight is 336 g/mol. The Labute approximate surface area is 146 Å². The van der Waals surface area contributed by atoms with E-state index in [-0.39, 0.29) is 17.0 Å². The van der Waals surface area contributed by atoms with Crippen LogP contribution < -0.4 is 10.2 Å². The van der Waals surface area contributed by atoms with E-state index in [0.29, 0.717) is 16.7 Å². The zero-order valence-electron chi connectivity index (χ0n) is 14.8. The first-order valence-electron chi connectivity index (χ1n) is 8.18. The normalized spacial score (nSPS) is 12.2. The Hall–Kier alpha value is -2.88. The van der Waals surface area contributed by atoms with E-state index in [1.165, 1.54) is 6.92 Å². The molecular weight excluding hydrogens is 316 g/mol. The first-order chi connectivity index (χ1) is 11.9. The molecule has 1 aromatic heterocycles. The zero-order valence-corrected chi connectivity index (χ0v) is 14.8. The molecule has 0 aliphatic carbocycles. The van der Waals surface area contributed by atoms with Gasteiger partial charge in [-0.05, 0) is 45.4 Å². The molecule has 0 radical (unpaired) electrons. The quantitative estimate of drug-likeness (QED) is 0.707. The highest BCUT2D eigenvalue weighted by molar-refractivity contribution is 5.84. The van der Waals surface area contributed by atoms with Crippen LogP contribution in [0.1, 0.15) is 25.0 Å². The van der Waals surface area contributed by atoms with Crippen molar-refractivity contribution in [1.29, 1.82) is 0 Å². The van der Waals surface area contributed by atoms with Gasteiger partial charge in [-0.25, -0.2) is 0 Å². The highest BCUT2D eigenvalue weighted by Crippen LogP contribution is 2.32. The summed E-state index contributed by atoms with van der Waals surface area (Å²) in [5, 5.41) is 0.437. The fourth-order valence-electron chi connectivity index (χ4n) is 2.55. The van der Waals surface area contributed by atoms with Crippen molar-refractivity contribution in [3.05, 3.63) is 63.8 Å². The average Bonchev–Trinajstić information content (AvgIpc) is 2.57. The van der Waals surface area contributed by atoms with Gasteiger partial charge in [-0.2, -0.15) is 0 Å². The summed E-state index contributed by atoms with van der Waals surface area (Å²) in [6.45, 7) is 6.98. The number of carbonyl (C=O) groups is 1. The van der Waals surface area contributed by atoms with E-state index in [4.69, 9.17) is 9.15 Å². The third kappa shape index (κ3) is 3.33. The van der Waals surface area contributed by atoms with Crippen molar-refractivity contribution in [3.8, 4) is 17.1 Å². The largest absolute Gasteiger partial charge is 0.475 e. The molecule has 0 aliphatic heterocycles. The molecule has 0 bridgehead atoms. The summed E-state index contributed by atoms with van der Waals surface area (Å²) in [5.41, 5.74) is 3.06. The lowest BCUT2D eigenvalue weighted by Crippen LogP contribution is -2.24. The smallest absolute Gasteiger partial charge is 0.235 e. The van der Waals surface area contributed by atoms with Gasteiger partial charge in [-0.3, -0.25) is 9.59 Å². The van der Waals surface area contributed by atoms with Crippen LogP contribution >= 0.6 is 0 Å². The van der Waals surface area contributed by atoms with Crippen molar-refractivity contribution in [2.45, 2.75) is 33.8 Å². The molecule has 1 heterocycles. The van der Waals surface area contributed by atoms with Crippen LogP contribution in [0, 0.1) is 13.8 Å². The van der Waals surface area contributed by atoms with Gasteiger partial charge in [0, 0.05) is 5.56 Å². The molecule has 0 fully saturated rings. The highest BCUT2D eigenvalue weighted by Gasteiger charge is 2.21. The van der Waals surface area contributed by atoms with Gasteiger partial charge in [0.15, 0.2) is 17.6 Å². The second-order valence-electron chi connectivity index (χ2n) is 6.33. The predicted molar refractivity (Wildman–Crippen MR) is 98.2 cm³/mol. The number of rotatable bonds is 4. The van der Waals surface area contributed by atoms with E-state index in [2.05, 4.69) is 0 Å². The van der Waals surface area contributed by atoms with Crippen LogP contribution in [0.15, 0.2) is 51.7 Å². The SMILES string of the molecule is CC(=O)[C@@H](C)Oc1c(-c2ccc(C)cc2)oc2cc(C)ccc2c1=O. The Kier molecular flexibility index (Phi) is 4.45. The van der Waals surface area contributed by atoms with Gasteiger partial charge >= 0.3 is 0 Å². The number of hydrogen-bond acceptors (Lipinski definition) is 4. The summed E-state index contributed by atoms with van der Waals surface area (Å²) in [7, 11) is 0. The van der Waals surface area contributed by atoms with Gasteiger partial charge in [0.2, 0.25) is 11.2 Å². The monoisotopic (exact) mass is 336 g/mol. The molecule has 3 aromatic rings. The van der Waals surface area contributed by atoms with Crippen molar-refractivity contribution >= 4 is 16.8 Å². The lowest BCUT2D eigenvalue weighted by molar-refractivity contribution is -0.122. The topological polar surface area (TPSA) is 56.5 Å². The lowest BCUT2D eigenvalue weighted by Gasteiger charge is -2.15. The lowest BCUT2D eigenvalue weighted by atomic mass is 10.1. The van der Waals surface area contributed by atoms with Crippen LogP contribution in [0.25, 0.3) is 22.3 Å². The zero-order chi connectivity index (χ0) is 18.1. The summed E-state index contributed by atoms with van der Waals surface area (Å²) in [5.74, 6) is 0.261. The summed E-state index contributed by atoms with van der Waals surface area (Å²) in [4.78, 5) is 24.6. The van der Waals surface area contributed by atoms with Gasteiger partial charge in [0.25, 0.3) is 0 Å². The van der Waals surface area contributed by atoms with E-state index in [0.717, 1.165) is 16.7 Å². The Morgan fingerprint density at radius 1 is 1.04 bits per heavy atom. The Morgan fingerprint density at radius 3 is 2.32 bits per heavy atom. The minimum absolute atomic E-state index is 0.0721. The fraction of sp³-hybridized carbons (Fsp3) is 0.238. The highest BCUT2D eigenvalue weighted by atomic mass is 16.5. The first kappa shape index (κ1) is 17.0. The minimum Gasteiger partial charge on any atom is -0.475 e. The number of fused-ring (bicyclic) bond motifs is 1. The van der Waals surface area contributed by atoms with Crippen LogP contribution in [0.5, 0.6) is 5.75 Å². The fourth-order valence-corrected chi connectivity index (χ4v) is 2.55. The number of hydrogen-bond donors (Lipinski definition) is 0. The minimum atomic E-state index is -0.727. The third-order valence-corrected chi connectivity index (χ3v) is 4.19. The standard InChI is InChI=1S/C21H20O4/c1-12-5-8-16(9-6-12)20-21(24-15(4)14(3)22)19(23)17-10-7-13(2)11-18(17)25-20/h5-11,15H,1-4H3/t15-/m1/s1. The van der Waals surface area contributed by atoms with Gasteiger partial charge in [0.05, 0.1) is 5.39 Å². The molecule has 4 nitrogen and oxygen atoms in total. The molecule has 0 aliphatic rings. The van der Waals surface area contributed by atoms with Gasteiger partial charge < -0.3 is 9.15 Å². The van der Waals surface area contributed by atoms with Crippen molar-refractivity contribution in [3.63, 3.8) is 0 Å². The van der Waals surface area contributed by atoms with Gasteiger partial charge in [-0.1, -0.05) is 35.9 Å². The molecule has 128 valence electrons. The maximum Gasteiger partial charge on any atom is 0.235 e. The Bertz CT molecular complexity index is 997. The van der Waals surface area contributed by atoms with Crippen LogP contribution in [0.3, 0.4) is 0 Å². The van der Waals surface area contributed by atoms with Crippen LogP contribution in [0.4, 0.5) is 0 Å². The molecule has 1 atom stereocenters. The molecule has 0 unspecified atom stereocenters. The maximum atomic E-state index is 13.0. The summed E-state index contributed by atoms with van der Waals surface area (Å²) in [6.07, 6.45) is -0.727. The molecule has 0 saturated heterocycles. The molecule has 0 saturated carbocycles. The molecule has 0 amide bonds. The summed E-state index contributed by atoms with van der Waals surface area (Å²) in [6, 6.07) is 13.0. The molecule has 4 heteroatoms. The van der Waals surface area contributed by atoms with Crippen molar-refractivity contribution in [1.82, 2.24) is 0 Å². The second-order valence-corrected chi connectivity index (χ2v) is 6.33. The molecule has 3 rings (SSSR count). The number of ether oxygens (including phenoxy) is 1. The predicted octanol–water partition coefficient (Wildman–Crippen LogP) is 4.43. The van der Waals surface area contributed by atoms with E-state index in [9.17, 15) is 9.59 Å². The van der Waals surface area contributed by atoms with E-state index in [1.54, 1.807) is 13.0 Å². The third-order valence-electron chi connectivity index (χ3n) is 4.19. The van der Waals surface area contributed by atoms with Crippen molar-refractivity contribution in [2.75, 3.05) is 0 Å². The van der Waals surface area contributed by atoms with Crippen LogP contribution in [-0.2, 0) is 4.79 Å². The van der Waals surface area contributed by atoms with Crippen LogP contribution in [-0.4, -0.2) is 11.9 Å². The summed E-state index contributed by atoms with van der Waals surface area (Å²) >= 11 is 0. The van der Waals surface area contributed by atoms with E-state index < -0.39 is 6.10 Å². The molecule has 0 spiro atoms.